The second-order valence-electron chi connectivity index (χ2n) is 3.10. The van der Waals surface area contributed by atoms with Crippen molar-refractivity contribution in [2.24, 2.45) is 0 Å². The molecule has 0 radical (unpaired) electrons. The minimum Gasteiger partial charge on any atom is -0.433 e. The predicted octanol–water partition coefficient (Wildman–Crippen LogP) is 0.792. The van der Waals surface area contributed by atoms with Crippen molar-refractivity contribution >= 4 is 17.9 Å². The third-order valence-corrected chi connectivity index (χ3v) is 2.38. The molecule has 1 rings (SSSR count). The van der Waals surface area contributed by atoms with Crippen molar-refractivity contribution < 1.29 is 19.0 Å². The van der Waals surface area contributed by atoms with E-state index >= 15 is 0 Å². The lowest BCUT2D eigenvalue weighted by molar-refractivity contribution is 0.0191. The Hall–Kier alpha value is -0.460. The molecule has 5 nitrogen and oxygen atoms in total. The lowest BCUT2D eigenvalue weighted by atomic mass is 10.4. The first kappa shape index (κ1) is 12.6. The monoisotopic (exact) mass is 235 g/mol. The van der Waals surface area contributed by atoms with Gasteiger partial charge in [-0.25, -0.2) is 4.79 Å². The van der Waals surface area contributed by atoms with Crippen LogP contribution in [0.2, 0.25) is 0 Å². The van der Waals surface area contributed by atoms with Gasteiger partial charge >= 0.3 is 6.16 Å². The van der Waals surface area contributed by atoms with Gasteiger partial charge in [-0.05, 0) is 6.26 Å². The molecular weight excluding hydrogens is 218 g/mol. The smallest absolute Gasteiger partial charge is 0.433 e. The third-order valence-electron chi connectivity index (χ3n) is 2.03. The largest absolute Gasteiger partial charge is 0.509 e. The minimum absolute atomic E-state index is 0.344. The fraction of sp³-hybridized carbons (Fsp3) is 0.889. The average molecular weight is 235 g/mol. The summed E-state index contributed by atoms with van der Waals surface area (Å²) < 4.78 is 14.8. The van der Waals surface area contributed by atoms with E-state index in [0.29, 0.717) is 12.5 Å². The lowest BCUT2D eigenvalue weighted by Crippen LogP contribution is -2.38. The van der Waals surface area contributed by atoms with Crippen LogP contribution in [0.25, 0.3) is 0 Å². The molecule has 0 atom stereocenters. The molecule has 0 saturated carbocycles. The molecule has 6 heteroatoms. The maximum absolute atomic E-state index is 10.9. The van der Waals surface area contributed by atoms with Gasteiger partial charge in [0, 0.05) is 19.6 Å². The van der Waals surface area contributed by atoms with Crippen molar-refractivity contribution in [1.82, 2.24) is 4.90 Å². The predicted molar refractivity (Wildman–Crippen MR) is 58.1 cm³/mol. The summed E-state index contributed by atoms with van der Waals surface area (Å²) in [6.07, 6.45) is 1.28. The molecule has 1 heterocycles. The number of carbonyl (C=O) groups is 1. The first-order chi connectivity index (χ1) is 7.33. The van der Waals surface area contributed by atoms with Crippen molar-refractivity contribution in [2.45, 2.75) is 0 Å². The molecule has 0 unspecified atom stereocenters. The zero-order chi connectivity index (χ0) is 10.9. The average Bonchev–Trinajstić information content (AvgIpc) is 2.28. The second kappa shape index (κ2) is 7.78. The van der Waals surface area contributed by atoms with Crippen molar-refractivity contribution in [3.05, 3.63) is 0 Å². The number of rotatable bonds is 5. The lowest BCUT2D eigenvalue weighted by Gasteiger charge is -2.25. The van der Waals surface area contributed by atoms with Crippen LogP contribution in [0.5, 0.6) is 0 Å². The highest BCUT2D eigenvalue weighted by Crippen LogP contribution is 1.98. The van der Waals surface area contributed by atoms with Crippen LogP contribution in [0.4, 0.5) is 4.79 Å². The Morgan fingerprint density at radius 1 is 1.40 bits per heavy atom. The molecule has 0 N–H and O–H groups in total. The van der Waals surface area contributed by atoms with Crippen molar-refractivity contribution in [3.8, 4) is 0 Å². The number of ether oxygens (including phenoxy) is 3. The molecule has 0 aromatic rings. The fourth-order valence-corrected chi connectivity index (χ4v) is 1.45. The molecule has 0 aromatic carbocycles. The topological polar surface area (TPSA) is 48.0 Å². The molecule has 88 valence electrons. The standard InChI is InChI=1S/C9H17NO4S/c1-15-8-14-9(11)13-7-4-10-2-5-12-6-3-10/h2-8H2,1H3. The van der Waals surface area contributed by atoms with Crippen LogP contribution in [0.1, 0.15) is 0 Å². The van der Waals surface area contributed by atoms with E-state index in [1.165, 1.54) is 11.8 Å². The Labute approximate surface area is 94.0 Å². The molecule has 0 amide bonds. The molecule has 1 saturated heterocycles. The summed E-state index contributed by atoms with van der Waals surface area (Å²) in [6.45, 7) is 4.46. The maximum atomic E-state index is 10.9. The summed E-state index contributed by atoms with van der Waals surface area (Å²) >= 11 is 1.44. The molecule has 1 aliphatic heterocycles. The summed E-state index contributed by atoms with van der Waals surface area (Å²) in [7, 11) is 0. The number of hydrogen-bond donors (Lipinski definition) is 0. The van der Waals surface area contributed by atoms with Gasteiger partial charge in [0.15, 0.2) is 0 Å². The number of thioether (sulfide) groups is 1. The van der Waals surface area contributed by atoms with Gasteiger partial charge in [-0.15, -0.1) is 11.8 Å². The zero-order valence-corrected chi connectivity index (χ0v) is 9.75. The van der Waals surface area contributed by atoms with Crippen LogP contribution in [0.3, 0.4) is 0 Å². The Kier molecular flexibility index (Phi) is 6.54. The van der Waals surface area contributed by atoms with E-state index in [0.717, 1.165) is 32.8 Å². The normalized spacial score (nSPS) is 17.4. The van der Waals surface area contributed by atoms with Crippen molar-refractivity contribution in [1.29, 1.82) is 0 Å². The maximum Gasteiger partial charge on any atom is 0.509 e. The number of carbonyl (C=O) groups excluding carboxylic acids is 1. The van der Waals surface area contributed by atoms with E-state index in [-0.39, 0.29) is 0 Å². The highest BCUT2D eigenvalue weighted by Gasteiger charge is 2.11. The first-order valence-corrected chi connectivity index (χ1v) is 6.31. The van der Waals surface area contributed by atoms with E-state index in [9.17, 15) is 4.79 Å². The van der Waals surface area contributed by atoms with Gasteiger partial charge in [-0.1, -0.05) is 0 Å². The van der Waals surface area contributed by atoms with Crippen LogP contribution < -0.4 is 0 Å². The SMILES string of the molecule is CSCOC(=O)OCCN1CCOCC1. The molecule has 0 spiro atoms. The van der Waals surface area contributed by atoms with Crippen molar-refractivity contribution in [2.75, 3.05) is 51.6 Å². The van der Waals surface area contributed by atoms with Crippen LogP contribution in [-0.4, -0.2) is 62.7 Å². The van der Waals surface area contributed by atoms with E-state index in [1.54, 1.807) is 0 Å². The van der Waals surface area contributed by atoms with Gasteiger partial charge in [-0.2, -0.15) is 0 Å². The van der Waals surface area contributed by atoms with E-state index in [4.69, 9.17) is 14.2 Å². The van der Waals surface area contributed by atoms with Gasteiger partial charge in [0.05, 0.1) is 13.2 Å². The fourth-order valence-electron chi connectivity index (χ4n) is 1.23. The van der Waals surface area contributed by atoms with E-state index in [1.807, 2.05) is 6.26 Å². The molecule has 1 fully saturated rings. The molecule has 1 aliphatic rings. The molecular formula is C9H17NO4S. The highest BCUT2D eigenvalue weighted by atomic mass is 32.2. The second-order valence-corrected chi connectivity index (χ2v) is 3.92. The van der Waals surface area contributed by atoms with Gasteiger partial charge in [0.25, 0.3) is 0 Å². The zero-order valence-electron chi connectivity index (χ0n) is 8.94. The molecule has 0 aromatic heterocycles. The highest BCUT2D eigenvalue weighted by molar-refractivity contribution is 7.98. The number of hydrogen-bond acceptors (Lipinski definition) is 6. The van der Waals surface area contributed by atoms with Gasteiger partial charge in [0.2, 0.25) is 0 Å². The van der Waals surface area contributed by atoms with Gasteiger partial charge in [-0.3, -0.25) is 4.90 Å². The summed E-state index contributed by atoms with van der Waals surface area (Å²) in [5, 5.41) is 0. The summed E-state index contributed by atoms with van der Waals surface area (Å²) in [4.78, 5) is 13.1. The minimum atomic E-state index is -0.586. The third kappa shape index (κ3) is 5.86. The summed E-state index contributed by atoms with van der Waals surface area (Å²) in [5.74, 6) is 0.344. The van der Waals surface area contributed by atoms with Gasteiger partial charge < -0.3 is 14.2 Å². The van der Waals surface area contributed by atoms with E-state index < -0.39 is 6.16 Å². The molecule has 0 bridgehead atoms. The molecule has 0 aliphatic carbocycles. The van der Waals surface area contributed by atoms with Crippen LogP contribution in [0, 0.1) is 0 Å². The van der Waals surface area contributed by atoms with E-state index in [2.05, 4.69) is 4.90 Å². The van der Waals surface area contributed by atoms with Crippen LogP contribution in [0.15, 0.2) is 0 Å². The Balaban J connectivity index is 1.97. The molecule has 15 heavy (non-hydrogen) atoms. The first-order valence-electron chi connectivity index (χ1n) is 4.91. The summed E-state index contributed by atoms with van der Waals surface area (Å²) in [5.41, 5.74) is 0. The quantitative estimate of drug-likeness (QED) is 0.519. The Morgan fingerprint density at radius 3 is 2.80 bits per heavy atom. The Morgan fingerprint density at radius 2 is 2.13 bits per heavy atom. The van der Waals surface area contributed by atoms with Crippen LogP contribution >= 0.6 is 11.8 Å². The number of nitrogens with zero attached hydrogens (tertiary/aromatic N) is 1. The Bertz CT molecular complexity index is 185. The summed E-state index contributed by atoms with van der Waals surface area (Å²) in [6, 6.07) is 0. The van der Waals surface area contributed by atoms with Crippen LogP contribution in [-0.2, 0) is 14.2 Å². The number of morpholine rings is 1. The van der Waals surface area contributed by atoms with Crippen molar-refractivity contribution in [3.63, 3.8) is 0 Å². The van der Waals surface area contributed by atoms with Gasteiger partial charge in [0.1, 0.15) is 12.5 Å².